The van der Waals surface area contributed by atoms with Gasteiger partial charge in [0.1, 0.15) is 5.82 Å². The fraction of sp³-hybridized carbons (Fsp3) is 0.0769. The van der Waals surface area contributed by atoms with Gasteiger partial charge in [-0.1, -0.05) is 0 Å². The van der Waals surface area contributed by atoms with Gasteiger partial charge in [0.05, 0.1) is 4.47 Å². The molecule has 2 N–H and O–H groups in total. The quantitative estimate of drug-likeness (QED) is 0.910. The number of hydrogen-bond acceptors (Lipinski definition) is 2. The molecule has 2 aromatic rings. The van der Waals surface area contributed by atoms with Crippen molar-refractivity contribution in [3.05, 3.63) is 58.6 Å². The summed E-state index contributed by atoms with van der Waals surface area (Å²) < 4.78 is 13.6. The Kier molecular flexibility index (Phi) is 4.46. The Labute approximate surface area is 118 Å². The number of hydrogen-bond donors (Lipinski definition) is 2. The van der Waals surface area contributed by atoms with E-state index in [1.54, 1.807) is 30.6 Å². The molecule has 0 aliphatic heterocycles. The van der Waals surface area contributed by atoms with E-state index in [0.717, 1.165) is 5.56 Å². The average Bonchev–Trinajstić information content (AvgIpc) is 2.42. The summed E-state index contributed by atoms with van der Waals surface area (Å²) in [4.78, 5) is 15.5. The minimum atomic E-state index is -0.424. The lowest BCUT2D eigenvalue weighted by Crippen LogP contribution is -2.28. The van der Waals surface area contributed by atoms with Gasteiger partial charge in [-0.2, -0.15) is 0 Å². The number of halogens is 2. The van der Waals surface area contributed by atoms with Crippen molar-refractivity contribution in [2.75, 3.05) is 5.32 Å². The molecule has 4 nitrogen and oxygen atoms in total. The largest absolute Gasteiger partial charge is 0.334 e. The van der Waals surface area contributed by atoms with Crippen molar-refractivity contribution in [3.63, 3.8) is 0 Å². The number of amides is 2. The number of aromatic nitrogens is 1. The van der Waals surface area contributed by atoms with Gasteiger partial charge >= 0.3 is 6.03 Å². The Hall–Kier alpha value is -1.95. The van der Waals surface area contributed by atoms with E-state index in [1.807, 2.05) is 0 Å². The first-order valence-corrected chi connectivity index (χ1v) is 6.33. The topological polar surface area (TPSA) is 54.0 Å². The molecule has 0 fully saturated rings. The second-order valence-electron chi connectivity index (χ2n) is 3.79. The molecule has 6 heteroatoms. The molecule has 0 aliphatic carbocycles. The standard InChI is InChI=1S/C13H11BrFN3O/c14-11-2-1-10(7-12(11)15)18-13(19)17-8-9-3-5-16-6-4-9/h1-7H,8H2,(H2,17,18,19). The first kappa shape index (κ1) is 13.5. The highest BCUT2D eigenvalue weighted by Crippen LogP contribution is 2.19. The molecule has 19 heavy (non-hydrogen) atoms. The lowest BCUT2D eigenvalue weighted by Gasteiger charge is -2.08. The molecule has 0 unspecified atom stereocenters. The van der Waals surface area contributed by atoms with Gasteiger partial charge in [0, 0.05) is 24.6 Å². The van der Waals surface area contributed by atoms with E-state index < -0.39 is 11.8 Å². The Morgan fingerprint density at radius 3 is 2.68 bits per heavy atom. The van der Waals surface area contributed by atoms with Crippen LogP contribution in [0.15, 0.2) is 47.2 Å². The number of rotatable bonds is 3. The summed E-state index contributed by atoms with van der Waals surface area (Å²) in [6.45, 7) is 0.382. The van der Waals surface area contributed by atoms with E-state index in [1.165, 1.54) is 12.1 Å². The van der Waals surface area contributed by atoms with Crippen LogP contribution >= 0.6 is 15.9 Å². The lowest BCUT2D eigenvalue weighted by molar-refractivity contribution is 0.251. The fourth-order valence-electron chi connectivity index (χ4n) is 1.43. The van der Waals surface area contributed by atoms with Gasteiger partial charge in [0.25, 0.3) is 0 Å². The zero-order valence-corrected chi connectivity index (χ0v) is 11.4. The molecule has 2 amide bonds. The highest BCUT2D eigenvalue weighted by Gasteiger charge is 2.04. The molecule has 0 saturated carbocycles. The number of carbonyl (C=O) groups excluding carboxylic acids is 1. The molecule has 98 valence electrons. The van der Waals surface area contributed by atoms with Crippen LogP contribution in [0.25, 0.3) is 0 Å². The SMILES string of the molecule is O=C(NCc1ccncc1)Nc1ccc(Br)c(F)c1. The van der Waals surface area contributed by atoms with Gasteiger partial charge in [-0.05, 0) is 51.8 Å². The summed E-state index contributed by atoms with van der Waals surface area (Å²) in [7, 11) is 0. The summed E-state index contributed by atoms with van der Waals surface area (Å²) >= 11 is 3.05. The van der Waals surface area contributed by atoms with Crippen LogP contribution in [0.2, 0.25) is 0 Å². The number of anilines is 1. The second kappa shape index (κ2) is 6.29. The Morgan fingerprint density at radius 1 is 1.26 bits per heavy atom. The Morgan fingerprint density at radius 2 is 2.00 bits per heavy atom. The maximum absolute atomic E-state index is 13.3. The molecule has 0 radical (unpaired) electrons. The van der Waals surface area contributed by atoms with Crippen LogP contribution in [0.5, 0.6) is 0 Å². The highest BCUT2D eigenvalue weighted by atomic mass is 79.9. The van der Waals surface area contributed by atoms with Crippen LogP contribution in [0, 0.1) is 5.82 Å². The van der Waals surface area contributed by atoms with Crippen molar-refractivity contribution in [2.45, 2.75) is 6.54 Å². The summed E-state index contributed by atoms with van der Waals surface area (Å²) in [5.41, 5.74) is 1.33. The third-order valence-corrected chi connectivity index (χ3v) is 3.02. The van der Waals surface area contributed by atoms with Crippen LogP contribution in [-0.2, 0) is 6.54 Å². The van der Waals surface area contributed by atoms with Gasteiger partial charge in [0.2, 0.25) is 0 Å². The third kappa shape index (κ3) is 4.03. The predicted octanol–water partition coefficient (Wildman–Crippen LogP) is 3.30. The van der Waals surface area contributed by atoms with Gasteiger partial charge in [-0.3, -0.25) is 4.98 Å². The van der Waals surface area contributed by atoms with Crippen LogP contribution in [0.3, 0.4) is 0 Å². The van der Waals surface area contributed by atoms with Crippen molar-refractivity contribution < 1.29 is 9.18 Å². The summed E-state index contributed by atoms with van der Waals surface area (Å²) in [6, 6.07) is 7.61. The lowest BCUT2D eigenvalue weighted by atomic mass is 10.3. The Balaban J connectivity index is 1.89. The third-order valence-electron chi connectivity index (χ3n) is 2.38. The van der Waals surface area contributed by atoms with Crippen LogP contribution in [0.4, 0.5) is 14.9 Å². The molecular weight excluding hydrogens is 313 g/mol. The van der Waals surface area contributed by atoms with Crippen molar-refractivity contribution in [2.24, 2.45) is 0 Å². The molecule has 0 saturated heterocycles. The number of nitrogens with one attached hydrogen (secondary N) is 2. The molecule has 1 heterocycles. The molecule has 0 aliphatic rings. The normalized spacial score (nSPS) is 10.0. The second-order valence-corrected chi connectivity index (χ2v) is 4.65. The number of benzene rings is 1. The predicted molar refractivity (Wildman–Crippen MR) is 74.2 cm³/mol. The fourth-order valence-corrected chi connectivity index (χ4v) is 1.68. The molecule has 2 rings (SSSR count). The number of pyridine rings is 1. The van der Waals surface area contributed by atoms with E-state index >= 15 is 0 Å². The van der Waals surface area contributed by atoms with Crippen molar-refractivity contribution >= 4 is 27.6 Å². The Bertz CT molecular complexity index is 577. The molecule has 1 aromatic heterocycles. The van der Waals surface area contributed by atoms with E-state index in [-0.39, 0.29) is 0 Å². The van der Waals surface area contributed by atoms with Crippen molar-refractivity contribution in [1.29, 1.82) is 0 Å². The molecule has 0 spiro atoms. The van der Waals surface area contributed by atoms with Gasteiger partial charge in [0.15, 0.2) is 0 Å². The zero-order valence-electron chi connectivity index (χ0n) is 9.86. The minimum absolute atomic E-state index is 0.357. The van der Waals surface area contributed by atoms with Gasteiger partial charge in [-0.25, -0.2) is 9.18 Å². The molecule has 0 atom stereocenters. The van der Waals surface area contributed by atoms with Crippen LogP contribution in [-0.4, -0.2) is 11.0 Å². The van der Waals surface area contributed by atoms with Crippen LogP contribution < -0.4 is 10.6 Å². The van der Waals surface area contributed by atoms with Crippen molar-refractivity contribution in [1.82, 2.24) is 10.3 Å². The van der Waals surface area contributed by atoms with Gasteiger partial charge < -0.3 is 10.6 Å². The van der Waals surface area contributed by atoms with Gasteiger partial charge in [-0.15, -0.1) is 0 Å². The summed E-state index contributed by atoms with van der Waals surface area (Å²) in [5, 5.41) is 5.22. The summed E-state index contributed by atoms with van der Waals surface area (Å²) in [6.07, 6.45) is 3.30. The van der Waals surface area contributed by atoms with E-state index in [2.05, 4.69) is 31.5 Å². The molecule has 1 aromatic carbocycles. The first-order valence-electron chi connectivity index (χ1n) is 5.54. The van der Waals surface area contributed by atoms with E-state index in [0.29, 0.717) is 16.7 Å². The number of nitrogens with zero attached hydrogens (tertiary/aromatic N) is 1. The summed E-state index contributed by atoms with van der Waals surface area (Å²) in [5.74, 6) is -0.424. The average molecular weight is 324 g/mol. The number of urea groups is 1. The van der Waals surface area contributed by atoms with E-state index in [4.69, 9.17) is 0 Å². The molecular formula is C13H11BrFN3O. The van der Waals surface area contributed by atoms with E-state index in [9.17, 15) is 9.18 Å². The maximum Gasteiger partial charge on any atom is 0.319 e. The monoisotopic (exact) mass is 323 g/mol. The minimum Gasteiger partial charge on any atom is -0.334 e. The maximum atomic E-state index is 13.3. The van der Waals surface area contributed by atoms with Crippen molar-refractivity contribution in [3.8, 4) is 0 Å². The van der Waals surface area contributed by atoms with Crippen LogP contribution in [0.1, 0.15) is 5.56 Å². The highest BCUT2D eigenvalue weighted by molar-refractivity contribution is 9.10. The smallest absolute Gasteiger partial charge is 0.319 e. The molecule has 0 bridgehead atoms. The number of carbonyl (C=O) groups is 1. The zero-order chi connectivity index (χ0) is 13.7. The first-order chi connectivity index (χ1) is 9.15.